The van der Waals surface area contributed by atoms with Gasteiger partial charge in [-0.15, -0.1) is 11.3 Å². The monoisotopic (exact) mass is 354 g/mol. The highest BCUT2D eigenvalue weighted by Gasteiger charge is 2.27. The second kappa shape index (κ2) is 7.19. The fraction of sp³-hybridized carbons (Fsp3) is 0.316. The third-order valence-corrected chi connectivity index (χ3v) is 5.40. The van der Waals surface area contributed by atoms with Crippen molar-refractivity contribution in [2.75, 3.05) is 0 Å². The van der Waals surface area contributed by atoms with Crippen LogP contribution in [0.4, 0.5) is 0 Å². The van der Waals surface area contributed by atoms with Crippen molar-refractivity contribution < 1.29 is 4.79 Å². The normalized spacial score (nSPS) is 12.2. The van der Waals surface area contributed by atoms with Crippen LogP contribution in [-0.2, 0) is 13.6 Å². The molecule has 0 aliphatic heterocycles. The van der Waals surface area contributed by atoms with Crippen LogP contribution in [-0.4, -0.2) is 25.3 Å². The maximum Gasteiger partial charge on any atom is 0.266 e. The molecule has 5 nitrogen and oxygen atoms in total. The number of thiazole rings is 1. The van der Waals surface area contributed by atoms with E-state index in [0.29, 0.717) is 11.4 Å². The van der Waals surface area contributed by atoms with Gasteiger partial charge in [-0.2, -0.15) is 0 Å². The fourth-order valence-electron chi connectivity index (χ4n) is 2.86. The number of rotatable bonds is 5. The van der Waals surface area contributed by atoms with E-state index >= 15 is 0 Å². The predicted octanol–water partition coefficient (Wildman–Crippen LogP) is 3.90. The summed E-state index contributed by atoms with van der Waals surface area (Å²) in [5.74, 6) is 0.859. The first-order valence-electron chi connectivity index (χ1n) is 8.23. The number of aromatic nitrogens is 3. The van der Waals surface area contributed by atoms with Crippen molar-refractivity contribution in [1.82, 2.24) is 19.4 Å². The number of benzene rings is 1. The Labute approximate surface area is 152 Å². The molecule has 1 aromatic carbocycles. The van der Waals surface area contributed by atoms with Gasteiger partial charge in [0.05, 0.1) is 23.3 Å². The van der Waals surface area contributed by atoms with Gasteiger partial charge in [0, 0.05) is 19.4 Å². The standard InChI is InChI=1S/C19H22N4OS/c1-13-18(25-15(3)21-13)19(24)23(12-17-20-10-11-22(17)4)14(2)16-8-6-5-7-9-16/h5-11,14H,12H2,1-4H3. The lowest BCUT2D eigenvalue weighted by atomic mass is 10.1. The first-order valence-corrected chi connectivity index (χ1v) is 9.05. The van der Waals surface area contributed by atoms with E-state index in [1.54, 1.807) is 6.20 Å². The molecule has 0 aliphatic rings. The maximum atomic E-state index is 13.3. The number of hydrogen-bond donors (Lipinski definition) is 0. The molecule has 2 aromatic heterocycles. The summed E-state index contributed by atoms with van der Waals surface area (Å²) in [6, 6.07) is 10.0. The minimum absolute atomic E-state index is 0.00227. The van der Waals surface area contributed by atoms with Crippen molar-refractivity contribution in [3.05, 3.63) is 69.7 Å². The van der Waals surface area contributed by atoms with E-state index in [0.717, 1.165) is 22.1 Å². The van der Waals surface area contributed by atoms with Crippen LogP contribution in [0.1, 0.15) is 44.7 Å². The number of hydrogen-bond acceptors (Lipinski definition) is 4. The zero-order chi connectivity index (χ0) is 18.0. The van der Waals surface area contributed by atoms with Crippen LogP contribution in [0.25, 0.3) is 0 Å². The molecule has 1 unspecified atom stereocenters. The molecule has 0 radical (unpaired) electrons. The number of carbonyl (C=O) groups excluding carboxylic acids is 1. The minimum atomic E-state index is -0.0628. The molecule has 0 spiro atoms. The second-order valence-corrected chi connectivity index (χ2v) is 7.32. The smallest absolute Gasteiger partial charge is 0.266 e. The van der Waals surface area contributed by atoms with Gasteiger partial charge in [0.2, 0.25) is 0 Å². The summed E-state index contributed by atoms with van der Waals surface area (Å²) in [6.07, 6.45) is 3.65. The Morgan fingerprint density at radius 3 is 2.56 bits per heavy atom. The molecule has 1 amide bonds. The van der Waals surface area contributed by atoms with E-state index in [1.165, 1.54) is 11.3 Å². The Bertz CT molecular complexity index is 869. The largest absolute Gasteiger partial charge is 0.337 e. The zero-order valence-electron chi connectivity index (χ0n) is 14.9. The van der Waals surface area contributed by atoms with Gasteiger partial charge >= 0.3 is 0 Å². The van der Waals surface area contributed by atoms with Crippen molar-refractivity contribution in [3.63, 3.8) is 0 Å². The van der Waals surface area contributed by atoms with Crippen LogP contribution in [0, 0.1) is 13.8 Å². The van der Waals surface area contributed by atoms with Gasteiger partial charge in [0.15, 0.2) is 0 Å². The molecular weight excluding hydrogens is 332 g/mol. The van der Waals surface area contributed by atoms with Crippen LogP contribution < -0.4 is 0 Å². The summed E-state index contributed by atoms with van der Waals surface area (Å²) >= 11 is 1.45. The number of imidazole rings is 1. The van der Waals surface area contributed by atoms with Gasteiger partial charge in [0.25, 0.3) is 5.91 Å². The SMILES string of the molecule is Cc1nc(C)c(C(=O)N(Cc2nccn2C)C(C)c2ccccc2)s1. The summed E-state index contributed by atoms with van der Waals surface area (Å²) < 4.78 is 1.95. The van der Waals surface area contributed by atoms with Crippen LogP contribution in [0.5, 0.6) is 0 Å². The average Bonchev–Trinajstić information content (AvgIpc) is 3.17. The molecule has 0 aliphatic carbocycles. The molecule has 0 saturated carbocycles. The third-order valence-electron chi connectivity index (χ3n) is 4.34. The first-order chi connectivity index (χ1) is 12.0. The molecule has 0 N–H and O–H groups in total. The third kappa shape index (κ3) is 3.64. The number of carbonyl (C=O) groups is 1. The Morgan fingerprint density at radius 2 is 2.00 bits per heavy atom. The quantitative estimate of drug-likeness (QED) is 0.698. The summed E-state index contributed by atoms with van der Waals surface area (Å²) in [5, 5.41) is 0.908. The lowest BCUT2D eigenvalue weighted by molar-refractivity contribution is 0.0671. The fourth-order valence-corrected chi connectivity index (χ4v) is 3.73. The minimum Gasteiger partial charge on any atom is -0.337 e. The Morgan fingerprint density at radius 1 is 1.28 bits per heavy atom. The summed E-state index contributed by atoms with van der Waals surface area (Å²) in [6.45, 7) is 6.33. The number of aryl methyl sites for hydroxylation is 3. The summed E-state index contributed by atoms with van der Waals surface area (Å²) in [5.41, 5.74) is 1.89. The van der Waals surface area contributed by atoms with Crippen LogP contribution >= 0.6 is 11.3 Å². The van der Waals surface area contributed by atoms with E-state index in [4.69, 9.17) is 0 Å². The van der Waals surface area contributed by atoms with Crippen LogP contribution in [0.3, 0.4) is 0 Å². The van der Waals surface area contributed by atoms with Crippen molar-refractivity contribution >= 4 is 17.2 Å². The highest BCUT2D eigenvalue weighted by molar-refractivity contribution is 7.13. The van der Waals surface area contributed by atoms with Gasteiger partial charge in [-0.05, 0) is 26.3 Å². The maximum absolute atomic E-state index is 13.3. The summed E-state index contributed by atoms with van der Waals surface area (Å²) in [4.78, 5) is 24.7. The molecule has 25 heavy (non-hydrogen) atoms. The Hall–Kier alpha value is -2.47. The first kappa shape index (κ1) is 17.4. The molecule has 6 heteroatoms. The second-order valence-electron chi connectivity index (χ2n) is 6.12. The molecule has 2 heterocycles. The van der Waals surface area contributed by atoms with Crippen LogP contribution in [0.2, 0.25) is 0 Å². The highest BCUT2D eigenvalue weighted by atomic mass is 32.1. The van der Waals surface area contributed by atoms with E-state index < -0.39 is 0 Å². The van der Waals surface area contributed by atoms with E-state index in [-0.39, 0.29) is 11.9 Å². The van der Waals surface area contributed by atoms with Crippen molar-refractivity contribution in [3.8, 4) is 0 Å². The zero-order valence-corrected chi connectivity index (χ0v) is 15.7. The van der Waals surface area contributed by atoms with Crippen molar-refractivity contribution in [2.24, 2.45) is 7.05 Å². The molecular formula is C19H22N4OS. The molecule has 3 rings (SSSR count). The van der Waals surface area contributed by atoms with Crippen LogP contribution in [0.15, 0.2) is 42.7 Å². The Kier molecular flexibility index (Phi) is 4.99. The van der Waals surface area contributed by atoms with Gasteiger partial charge in [-0.3, -0.25) is 4.79 Å². The number of amides is 1. The number of nitrogens with zero attached hydrogens (tertiary/aromatic N) is 4. The van der Waals surface area contributed by atoms with Crippen molar-refractivity contribution in [2.45, 2.75) is 33.4 Å². The van der Waals surface area contributed by atoms with E-state index in [9.17, 15) is 4.79 Å². The van der Waals surface area contributed by atoms with Gasteiger partial charge in [0.1, 0.15) is 10.7 Å². The molecule has 0 bridgehead atoms. The molecule has 1 atom stereocenters. The predicted molar refractivity (Wildman–Crippen MR) is 99.5 cm³/mol. The highest BCUT2D eigenvalue weighted by Crippen LogP contribution is 2.27. The molecule has 3 aromatic rings. The lowest BCUT2D eigenvalue weighted by Gasteiger charge is -2.29. The molecule has 0 saturated heterocycles. The summed E-state index contributed by atoms with van der Waals surface area (Å²) in [7, 11) is 1.94. The van der Waals surface area contributed by atoms with E-state index in [1.807, 2.05) is 66.9 Å². The van der Waals surface area contributed by atoms with Gasteiger partial charge in [-0.25, -0.2) is 9.97 Å². The van der Waals surface area contributed by atoms with Gasteiger partial charge < -0.3 is 9.47 Å². The van der Waals surface area contributed by atoms with E-state index in [2.05, 4.69) is 16.9 Å². The Balaban J connectivity index is 1.98. The average molecular weight is 354 g/mol. The van der Waals surface area contributed by atoms with Crippen molar-refractivity contribution in [1.29, 1.82) is 0 Å². The van der Waals surface area contributed by atoms with Gasteiger partial charge in [-0.1, -0.05) is 30.3 Å². The topological polar surface area (TPSA) is 51.0 Å². The molecule has 130 valence electrons. The molecule has 0 fully saturated rings. The lowest BCUT2D eigenvalue weighted by Crippen LogP contribution is -2.34.